The number of carbonyl (C=O) groups is 1. The van der Waals surface area contributed by atoms with Gasteiger partial charge in [-0.1, -0.05) is 12.1 Å². The number of hydrogen-bond donors (Lipinski definition) is 1. The maximum absolute atomic E-state index is 13.8. The standard InChI is InChI=1S/C19H21FN4O2/c20-15-5-2-1-4-13(15)18(25)22-16-6-3-7-17-14(16)12-21-19(23-17)24-8-10-26-11-9-24/h1-2,4-5,12,16H,3,6-11H2,(H,22,25)/t16-/m1/s1. The molecular formula is C19H21FN4O2. The molecule has 4 rings (SSSR count). The molecule has 7 heteroatoms. The topological polar surface area (TPSA) is 67.4 Å². The van der Waals surface area contributed by atoms with Crippen molar-refractivity contribution in [2.24, 2.45) is 0 Å². The van der Waals surface area contributed by atoms with Crippen LogP contribution in [0.25, 0.3) is 0 Å². The minimum Gasteiger partial charge on any atom is -0.378 e. The molecule has 0 unspecified atom stereocenters. The zero-order valence-electron chi connectivity index (χ0n) is 14.4. The Kier molecular flexibility index (Phi) is 4.79. The van der Waals surface area contributed by atoms with Gasteiger partial charge < -0.3 is 15.0 Å². The molecule has 2 aromatic rings. The maximum Gasteiger partial charge on any atom is 0.254 e. The van der Waals surface area contributed by atoms with Crippen molar-refractivity contribution in [3.05, 3.63) is 53.1 Å². The van der Waals surface area contributed by atoms with E-state index in [4.69, 9.17) is 9.72 Å². The minimum absolute atomic E-state index is 0.0606. The first kappa shape index (κ1) is 16.9. The summed E-state index contributed by atoms with van der Waals surface area (Å²) in [5.74, 6) is -0.203. The third kappa shape index (κ3) is 3.39. The van der Waals surface area contributed by atoms with E-state index in [-0.39, 0.29) is 11.6 Å². The molecule has 2 aliphatic rings. The molecule has 26 heavy (non-hydrogen) atoms. The van der Waals surface area contributed by atoms with Crippen molar-refractivity contribution in [3.63, 3.8) is 0 Å². The zero-order valence-corrected chi connectivity index (χ0v) is 14.4. The van der Waals surface area contributed by atoms with Gasteiger partial charge in [0.2, 0.25) is 5.95 Å². The number of fused-ring (bicyclic) bond motifs is 1. The van der Waals surface area contributed by atoms with Crippen molar-refractivity contribution < 1.29 is 13.9 Å². The summed E-state index contributed by atoms with van der Waals surface area (Å²) in [6, 6.07) is 5.83. The molecule has 1 aliphatic carbocycles. The van der Waals surface area contributed by atoms with Crippen LogP contribution in [0.5, 0.6) is 0 Å². The molecule has 1 N–H and O–H groups in total. The Labute approximate surface area is 151 Å². The number of ether oxygens (including phenoxy) is 1. The first-order chi connectivity index (χ1) is 12.7. The van der Waals surface area contributed by atoms with Gasteiger partial charge in [-0.3, -0.25) is 4.79 Å². The van der Waals surface area contributed by atoms with Crippen molar-refractivity contribution in [1.82, 2.24) is 15.3 Å². The molecule has 1 aromatic carbocycles. The predicted molar refractivity (Wildman–Crippen MR) is 94.6 cm³/mol. The summed E-state index contributed by atoms with van der Waals surface area (Å²) in [6.45, 7) is 2.93. The Bertz CT molecular complexity index is 808. The lowest BCUT2D eigenvalue weighted by molar-refractivity contribution is 0.0928. The smallest absolute Gasteiger partial charge is 0.254 e. The summed E-state index contributed by atoms with van der Waals surface area (Å²) in [5.41, 5.74) is 1.95. The third-order valence-corrected chi connectivity index (χ3v) is 4.89. The van der Waals surface area contributed by atoms with Crippen molar-refractivity contribution in [2.75, 3.05) is 31.2 Å². The van der Waals surface area contributed by atoms with Gasteiger partial charge in [0.15, 0.2) is 0 Å². The average molecular weight is 356 g/mol. The second-order valence-corrected chi connectivity index (χ2v) is 6.57. The molecule has 1 amide bonds. The normalized spacial score (nSPS) is 19.7. The summed E-state index contributed by atoms with van der Waals surface area (Å²) < 4.78 is 19.2. The second-order valence-electron chi connectivity index (χ2n) is 6.57. The molecule has 1 fully saturated rings. The molecule has 136 valence electrons. The number of nitrogens with zero attached hydrogens (tertiary/aromatic N) is 3. The first-order valence-corrected chi connectivity index (χ1v) is 8.96. The second kappa shape index (κ2) is 7.37. The Balaban J connectivity index is 1.53. The van der Waals surface area contributed by atoms with Crippen molar-refractivity contribution in [3.8, 4) is 0 Å². The van der Waals surface area contributed by atoms with E-state index in [1.165, 1.54) is 12.1 Å². The van der Waals surface area contributed by atoms with Crippen LogP contribution in [0.1, 0.15) is 40.5 Å². The molecule has 1 atom stereocenters. The fourth-order valence-electron chi connectivity index (χ4n) is 3.48. The van der Waals surface area contributed by atoms with Gasteiger partial charge in [-0.15, -0.1) is 0 Å². The number of hydrogen-bond acceptors (Lipinski definition) is 5. The van der Waals surface area contributed by atoms with Crippen LogP contribution in [-0.2, 0) is 11.2 Å². The Morgan fingerprint density at radius 1 is 1.27 bits per heavy atom. The largest absolute Gasteiger partial charge is 0.378 e. The highest BCUT2D eigenvalue weighted by Gasteiger charge is 2.26. The van der Waals surface area contributed by atoms with E-state index in [0.717, 1.165) is 43.6 Å². The molecule has 2 heterocycles. The molecule has 1 aromatic heterocycles. The maximum atomic E-state index is 13.8. The lowest BCUT2D eigenvalue weighted by Crippen LogP contribution is -2.38. The highest BCUT2D eigenvalue weighted by Crippen LogP contribution is 2.29. The third-order valence-electron chi connectivity index (χ3n) is 4.89. The van der Waals surface area contributed by atoms with Gasteiger partial charge in [0, 0.05) is 24.8 Å². The fourth-order valence-corrected chi connectivity index (χ4v) is 3.48. The highest BCUT2D eigenvalue weighted by atomic mass is 19.1. The number of carbonyl (C=O) groups excluding carboxylic acids is 1. The summed E-state index contributed by atoms with van der Waals surface area (Å²) in [7, 11) is 0. The predicted octanol–water partition coefficient (Wildman–Crippen LogP) is 2.26. The number of morpholine rings is 1. The van der Waals surface area contributed by atoms with Crippen molar-refractivity contribution in [2.45, 2.75) is 25.3 Å². The van der Waals surface area contributed by atoms with E-state index in [9.17, 15) is 9.18 Å². The summed E-state index contributed by atoms with van der Waals surface area (Å²) >= 11 is 0. The number of amides is 1. The van der Waals surface area contributed by atoms with Gasteiger partial charge in [-0.05, 0) is 31.4 Å². The number of aryl methyl sites for hydroxylation is 1. The Morgan fingerprint density at radius 3 is 2.88 bits per heavy atom. The molecule has 0 saturated carbocycles. The Hall–Kier alpha value is -2.54. The number of aromatic nitrogens is 2. The van der Waals surface area contributed by atoms with Crippen LogP contribution in [0.3, 0.4) is 0 Å². The van der Waals surface area contributed by atoms with Gasteiger partial charge in [-0.25, -0.2) is 14.4 Å². The van der Waals surface area contributed by atoms with Crippen LogP contribution < -0.4 is 10.2 Å². The zero-order chi connectivity index (χ0) is 17.9. The lowest BCUT2D eigenvalue weighted by Gasteiger charge is -2.29. The van der Waals surface area contributed by atoms with Crippen LogP contribution in [0.4, 0.5) is 10.3 Å². The van der Waals surface area contributed by atoms with E-state index >= 15 is 0 Å². The van der Waals surface area contributed by atoms with Crippen LogP contribution >= 0.6 is 0 Å². The van der Waals surface area contributed by atoms with E-state index in [0.29, 0.717) is 19.2 Å². The highest BCUT2D eigenvalue weighted by molar-refractivity contribution is 5.94. The van der Waals surface area contributed by atoms with E-state index in [1.54, 1.807) is 18.3 Å². The van der Waals surface area contributed by atoms with E-state index < -0.39 is 11.7 Å². The van der Waals surface area contributed by atoms with Crippen LogP contribution in [-0.4, -0.2) is 42.2 Å². The number of halogens is 1. The molecule has 1 aliphatic heterocycles. The van der Waals surface area contributed by atoms with Crippen LogP contribution in [0.15, 0.2) is 30.5 Å². The summed E-state index contributed by atoms with van der Waals surface area (Å²) in [5, 5.41) is 2.94. The van der Waals surface area contributed by atoms with Crippen molar-refractivity contribution in [1.29, 1.82) is 0 Å². The van der Waals surface area contributed by atoms with Gasteiger partial charge in [-0.2, -0.15) is 0 Å². The first-order valence-electron chi connectivity index (χ1n) is 8.96. The summed E-state index contributed by atoms with van der Waals surface area (Å²) in [4.78, 5) is 23.8. The van der Waals surface area contributed by atoms with Crippen LogP contribution in [0, 0.1) is 5.82 Å². The summed E-state index contributed by atoms with van der Waals surface area (Å²) in [6.07, 6.45) is 4.39. The molecular weight excluding hydrogens is 335 g/mol. The quantitative estimate of drug-likeness (QED) is 0.914. The van der Waals surface area contributed by atoms with Gasteiger partial charge in [0.1, 0.15) is 5.82 Å². The molecule has 0 spiro atoms. The number of rotatable bonds is 3. The van der Waals surface area contributed by atoms with E-state index in [1.807, 2.05) is 0 Å². The SMILES string of the molecule is O=C(N[C@@H]1CCCc2nc(N3CCOCC3)ncc21)c1ccccc1F. The van der Waals surface area contributed by atoms with Crippen molar-refractivity contribution >= 4 is 11.9 Å². The van der Waals surface area contributed by atoms with Crippen LogP contribution in [0.2, 0.25) is 0 Å². The minimum atomic E-state index is -0.514. The van der Waals surface area contributed by atoms with Gasteiger partial charge in [0.05, 0.1) is 30.5 Å². The molecule has 0 bridgehead atoms. The fraction of sp³-hybridized carbons (Fsp3) is 0.421. The lowest BCUT2D eigenvalue weighted by atomic mass is 9.92. The number of benzene rings is 1. The average Bonchev–Trinajstić information content (AvgIpc) is 2.69. The molecule has 6 nitrogen and oxygen atoms in total. The van der Waals surface area contributed by atoms with Gasteiger partial charge in [0.25, 0.3) is 5.91 Å². The molecule has 0 radical (unpaired) electrons. The monoisotopic (exact) mass is 356 g/mol. The molecule has 1 saturated heterocycles. The van der Waals surface area contributed by atoms with E-state index in [2.05, 4.69) is 15.2 Å². The number of nitrogens with one attached hydrogen (secondary N) is 1. The Morgan fingerprint density at radius 2 is 2.08 bits per heavy atom. The van der Waals surface area contributed by atoms with Gasteiger partial charge >= 0.3 is 0 Å². The number of anilines is 1.